The molecular weight excluding hydrogens is 238 g/mol. The van der Waals surface area contributed by atoms with Gasteiger partial charge in [-0.2, -0.15) is 0 Å². The average molecular weight is 252 g/mol. The summed E-state index contributed by atoms with van der Waals surface area (Å²) in [7, 11) is 0. The molecule has 0 bridgehead atoms. The molecule has 84 valence electrons. The average Bonchev–Trinajstić information content (AvgIpc) is 2.89. The van der Waals surface area contributed by atoms with Crippen molar-refractivity contribution in [2.75, 3.05) is 13.1 Å². The normalized spacial score (nSPS) is 17.3. The van der Waals surface area contributed by atoms with E-state index < -0.39 is 0 Å². The third kappa shape index (κ3) is 1.97. The molecule has 0 amide bonds. The van der Waals surface area contributed by atoms with Crippen molar-refractivity contribution in [3.8, 4) is 0 Å². The molecule has 0 aliphatic carbocycles. The Bertz CT molecular complexity index is 500. The van der Waals surface area contributed by atoms with Gasteiger partial charge in [-0.1, -0.05) is 17.7 Å². The van der Waals surface area contributed by atoms with Crippen LogP contribution < -0.4 is 0 Å². The lowest BCUT2D eigenvalue weighted by Gasteiger charge is -2.13. The van der Waals surface area contributed by atoms with Crippen LogP contribution in [0.5, 0.6) is 0 Å². The number of fused-ring (bicyclic) bond motifs is 1. The Morgan fingerprint density at radius 2 is 2.06 bits per heavy atom. The van der Waals surface area contributed by atoms with Gasteiger partial charge < -0.3 is 0 Å². The number of benzene rings is 1. The summed E-state index contributed by atoms with van der Waals surface area (Å²) in [5.41, 5.74) is 1.46. The number of halogens is 1. The largest absolute Gasteiger partial charge is 0.299 e. The Hall–Kier alpha value is -0.570. The first-order chi connectivity index (χ1) is 7.83. The third-order valence-corrected chi connectivity index (χ3v) is 4.44. The van der Waals surface area contributed by atoms with Crippen LogP contribution in [0.2, 0.25) is 5.02 Å². The fourth-order valence-corrected chi connectivity index (χ4v) is 3.59. The molecule has 3 rings (SSSR count). The van der Waals surface area contributed by atoms with Crippen molar-refractivity contribution >= 4 is 33.0 Å². The number of likely N-dealkylation sites (tertiary alicyclic amines) is 1. The first kappa shape index (κ1) is 10.6. The van der Waals surface area contributed by atoms with Crippen LogP contribution in [-0.4, -0.2) is 18.0 Å². The number of rotatable bonds is 2. The monoisotopic (exact) mass is 251 g/mol. The Labute approximate surface area is 105 Å². The summed E-state index contributed by atoms with van der Waals surface area (Å²) < 4.78 is 1.31. The van der Waals surface area contributed by atoms with Gasteiger partial charge in [0.1, 0.15) is 0 Å². The van der Waals surface area contributed by atoms with Gasteiger partial charge in [-0.15, -0.1) is 11.3 Å². The highest BCUT2D eigenvalue weighted by atomic mass is 35.5. The summed E-state index contributed by atoms with van der Waals surface area (Å²) in [5, 5.41) is 4.49. The maximum atomic E-state index is 5.99. The standard InChI is InChI=1S/C13H14ClNS/c14-11-3-4-12-10(9-16-13(12)7-11)8-15-5-1-2-6-15/h3-4,7,9H,1-2,5-6,8H2. The van der Waals surface area contributed by atoms with Gasteiger partial charge in [-0.05, 0) is 54.4 Å². The first-order valence-electron chi connectivity index (χ1n) is 5.71. The van der Waals surface area contributed by atoms with Crippen molar-refractivity contribution in [1.29, 1.82) is 0 Å². The molecule has 1 aliphatic rings. The van der Waals surface area contributed by atoms with Crippen molar-refractivity contribution in [2.24, 2.45) is 0 Å². The maximum Gasteiger partial charge on any atom is 0.0420 e. The summed E-state index contributed by atoms with van der Waals surface area (Å²) in [6.07, 6.45) is 2.71. The molecule has 0 unspecified atom stereocenters. The van der Waals surface area contributed by atoms with Crippen LogP contribution >= 0.6 is 22.9 Å². The van der Waals surface area contributed by atoms with Gasteiger partial charge >= 0.3 is 0 Å². The molecule has 0 saturated carbocycles. The fourth-order valence-electron chi connectivity index (χ4n) is 2.36. The number of thiophene rings is 1. The Morgan fingerprint density at radius 1 is 1.25 bits per heavy atom. The van der Waals surface area contributed by atoms with E-state index >= 15 is 0 Å². The first-order valence-corrected chi connectivity index (χ1v) is 6.97. The predicted octanol–water partition coefficient (Wildman–Crippen LogP) is 4.15. The molecule has 0 atom stereocenters. The topological polar surface area (TPSA) is 3.24 Å². The second-order valence-electron chi connectivity index (χ2n) is 4.38. The van der Waals surface area contributed by atoms with Crippen molar-refractivity contribution in [3.05, 3.63) is 34.2 Å². The van der Waals surface area contributed by atoms with E-state index in [1.54, 1.807) is 11.3 Å². The van der Waals surface area contributed by atoms with Gasteiger partial charge in [-0.25, -0.2) is 0 Å². The van der Waals surface area contributed by atoms with Gasteiger partial charge in [0, 0.05) is 16.3 Å². The SMILES string of the molecule is Clc1ccc2c(CN3CCCC3)csc2c1. The predicted molar refractivity (Wildman–Crippen MR) is 71.3 cm³/mol. The Balaban J connectivity index is 1.91. The molecule has 3 heteroatoms. The molecule has 0 N–H and O–H groups in total. The van der Waals surface area contributed by atoms with Crippen LogP contribution in [0.1, 0.15) is 18.4 Å². The second-order valence-corrected chi connectivity index (χ2v) is 5.73. The van der Waals surface area contributed by atoms with Crippen molar-refractivity contribution < 1.29 is 0 Å². The molecule has 16 heavy (non-hydrogen) atoms. The Morgan fingerprint density at radius 3 is 2.88 bits per heavy atom. The lowest BCUT2D eigenvalue weighted by Crippen LogP contribution is -2.17. The molecule has 1 nitrogen and oxygen atoms in total. The smallest absolute Gasteiger partial charge is 0.0420 e. The van der Waals surface area contributed by atoms with E-state index in [0.717, 1.165) is 11.6 Å². The lowest BCUT2D eigenvalue weighted by atomic mass is 10.2. The summed E-state index contributed by atoms with van der Waals surface area (Å²) in [4.78, 5) is 2.54. The van der Waals surface area contributed by atoms with Gasteiger partial charge in [0.25, 0.3) is 0 Å². The molecular formula is C13H14ClNS. The van der Waals surface area contributed by atoms with Gasteiger partial charge in [0.15, 0.2) is 0 Å². The molecule has 0 spiro atoms. The van der Waals surface area contributed by atoms with Crippen molar-refractivity contribution in [1.82, 2.24) is 4.90 Å². The van der Waals surface area contributed by atoms with Crippen LogP contribution in [0, 0.1) is 0 Å². The summed E-state index contributed by atoms with van der Waals surface area (Å²) in [6, 6.07) is 6.21. The molecule has 1 saturated heterocycles. The zero-order valence-corrected chi connectivity index (χ0v) is 10.7. The third-order valence-electron chi connectivity index (χ3n) is 3.21. The summed E-state index contributed by atoms with van der Waals surface area (Å²) >= 11 is 7.79. The van der Waals surface area contributed by atoms with Gasteiger partial charge in [0.2, 0.25) is 0 Å². The van der Waals surface area contributed by atoms with E-state index in [9.17, 15) is 0 Å². The Kier molecular flexibility index (Phi) is 2.88. The zero-order chi connectivity index (χ0) is 11.0. The van der Waals surface area contributed by atoms with E-state index in [1.807, 2.05) is 6.07 Å². The van der Waals surface area contributed by atoms with Crippen LogP contribution in [0.3, 0.4) is 0 Å². The maximum absolute atomic E-state index is 5.99. The zero-order valence-electron chi connectivity index (χ0n) is 9.08. The highest BCUT2D eigenvalue weighted by molar-refractivity contribution is 7.17. The molecule has 1 fully saturated rings. The van der Waals surface area contributed by atoms with Gasteiger partial charge in [0.05, 0.1) is 0 Å². The van der Waals surface area contributed by atoms with Crippen LogP contribution in [-0.2, 0) is 6.54 Å². The minimum Gasteiger partial charge on any atom is -0.299 e. The minimum atomic E-state index is 0.835. The number of hydrogen-bond acceptors (Lipinski definition) is 2. The number of nitrogens with zero attached hydrogens (tertiary/aromatic N) is 1. The molecule has 2 heterocycles. The fraction of sp³-hybridized carbons (Fsp3) is 0.385. The number of hydrogen-bond donors (Lipinski definition) is 0. The van der Waals surface area contributed by atoms with E-state index in [4.69, 9.17) is 11.6 Å². The van der Waals surface area contributed by atoms with Crippen LogP contribution in [0.15, 0.2) is 23.6 Å². The van der Waals surface area contributed by atoms with E-state index in [-0.39, 0.29) is 0 Å². The highest BCUT2D eigenvalue weighted by Crippen LogP contribution is 2.30. The summed E-state index contributed by atoms with van der Waals surface area (Å²) in [5.74, 6) is 0. The van der Waals surface area contributed by atoms with Gasteiger partial charge in [-0.3, -0.25) is 4.90 Å². The lowest BCUT2D eigenvalue weighted by molar-refractivity contribution is 0.333. The molecule has 2 aromatic rings. The highest BCUT2D eigenvalue weighted by Gasteiger charge is 2.13. The molecule has 0 radical (unpaired) electrons. The minimum absolute atomic E-state index is 0.835. The van der Waals surface area contributed by atoms with E-state index in [1.165, 1.54) is 41.6 Å². The van der Waals surface area contributed by atoms with Crippen LogP contribution in [0.4, 0.5) is 0 Å². The molecule has 1 aromatic carbocycles. The molecule has 1 aromatic heterocycles. The quantitative estimate of drug-likeness (QED) is 0.775. The van der Waals surface area contributed by atoms with Crippen molar-refractivity contribution in [2.45, 2.75) is 19.4 Å². The molecule has 1 aliphatic heterocycles. The van der Waals surface area contributed by atoms with Crippen molar-refractivity contribution in [3.63, 3.8) is 0 Å². The summed E-state index contributed by atoms with van der Waals surface area (Å²) in [6.45, 7) is 3.61. The van der Waals surface area contributed by atoms with E-state index in [0.29, 0.717) is 0 Å². The van der Waals surface area contributed by atoms with Crippen LogP contribution in [0.25, 0.3) is 10.1 Å². The second kappa shape index (κ2) is 4.36. The van der Waals surface area contributed by atoms with E-state index in [2.05, 4.69) is 22.4 Å².